The standard InChI is InChI=1S/C20H30N4O2/c1-5-8-9-19-21-17-14-16(15(4)20(25)22-26)10-11-18(17)24(19)13-12-23(6-2)7-3/h10-11,14,26H,4-9,12-13H2,1-3H3,(H,22,25). The quantitative estimate of drug-likeness (QED) is 0.389. The summed E-state index contributed by atoms with van der Waals surface area (Å²) in [6, 6.07) is 5.72. The third-order valence-electron chi connectivity index (χ3n) is 4.84. The number of amides is 1. The second-order valence-electron chi connectivity index (χ2n) is 6.43. The Balaban J connectivity index is 2.37. The normalized spacial score (nSPS) is 11.3. The molecule has 6 heteroatoms. The molecule has 0 atom stereocenters. The lowest BCUT2D eigenvalue weighted by atomic mass is 10.1. The predicted molar refractivity (Wildman–Crippen MR) is 105 cm³/mol. The number of carbonyl (C=O) groups is 1. The summed E-state index contributed by atoms with van der Waals surface area (Å²) in [6.45, 7) is 14.2. The van der Waals surface area contributed by atoms with E-state index in [0.29, 0.717) is 5.56 Å². The third-order valence-corrected chi connectivity index (χ3v) is 4.84. The minimum absolute atomic E-state index is 0.224. The number of hydrogen-bond donors (Lipinski definition) is 2. The van der Waals surface area contributed by atoms with Crippen LogP contribution in [0.2, 0.25) is 0 Å². The number of rotatable bonds is 10. The summed E-state index contributed by atoms with van der Waals surface area (Å²) >= 11 is 0. The van der Waals surface area contributed by atoms with E-state index in [-0.39, 0.29) is 5.57 Å². The van der Waals surface area contributed by atoms with Crippen LogP contribution in [0, 0.1) is 0 Å². The zero-order valence-electron chi connectivity index (χ0n) is 16.1. The summed E-state index contributed by atoms with van der Waals surface area (Å²) < 4.78 is 2.29. The van der Waals surface area contributed by atoms with Gasteiger partial charge in [0.1, 0.15) is 5.82 Å². The molecule has 2 N–H and O–H groups in total. The molecule has 0 unspecified atom stereocenters. The number of fused-ring (bicyclic) bond motifs is 1. The van der Waals surface area contributed by atoms with Gasteiger partial charge >= 0.3 is 0 Å². The van der Waals surface area contributed by atoms with Gasteiger partial charge in [0.25, 0.3) is 5.91 Å². The van der Waals surface area contributed by atoms with Crippen LogP contribution in [0.5, 0.6) is 0 Å². The summed E-state index contributed by atoms with van der Waals surface area (Å²) in [5.74, 6) is 0.486. The lowest BCUT2D eigenvalue weighted by molar-refractivity contribution is -0.123. The van der Waals surface area contributed by atoms with Gasteiger partial charge in [0, 0.05) is 25.1 Å². The zero-order valence-corrected chi connectivity index (χ0v) is 16.1. The maximum atomic E-state index is 11.6. The van der Waals surface area contributed by atoms with Gasteiger partial charge in [-0.05, 0) is 37.2 Å². The van der Waals surface area contributed by atoms with E-state index in [1.807, 2.05) is 18.2 Å². The van der Waals surface area contributed by atoms with Crippen molar-refractivity contribution in [2.24, 2.45) is 0 Å². The summed E-state index contributed by atoms with van der Waals surface area (Å²) in [4.78, 5) is 18.8. The third kappa shape index (κ3) is 4.51. The van der Waals surface area contributed by atoms with E-state index in [1.54, 1.807) is 5.48 Å². The van der Waals surface area contributed by atoms with Crippen molar-refractivity contribution in [3.8, 4) is 0 Å². The molecule has 2 aromatic rings. The molecule has 0 aliphatic rings. The van der Waals surface area contributed by atoms with Gasteiger partial charge in [-0.25, -0.2) is 10.5 Å². The second kappa shape index (κ2) is 9.50. The van der Waals surface area contributed by atoms with E-state index in [4.69, 9.17) is 10.2 Å². The molecule has 142 valence electrons. The Morgan fingerprint density at radius 2 is 2.04 bits per heavy atom. The van der Waals surface area contributed by atoms with E-state index in [1.165, 1.54) is 0 Å². The average Bonchev–Trinajstić information content (AvgIpc) is 3.02. The summed E-state index contributed by atoms with van der Waals surface area (Å²) in [5.41, 5.74) is 4.46. The first-order chi connectivity index (χ1) is 12.5. The molecule has 0 aliphatic carbocycles. The van der Waals surface area contributed by atoms with Gasteiger partial charge in [-0.1, -0.05) is 39.8 Å². The molecule has 26 heavy (non-hydrogen) atoms. The van der Waals surface area contributed by atoms with Crippen LogP contribution in [0.4, 0.5) is 0 Å². The number of unbranched alkanes of at least 4 members (excludes halogenated alkanes) is 1. The molecule has 2 rings (SSSR count). The Hall–Kier alpha value is -2.18. The van der Waals surface area contributed by atoms with Crippen molar-refractivity contribution in [2.75, 3.05) is 19.6 Å². The van der Waals surface area contributed by atoms with Gasteiger partial charge in [0.05, 0.1) is 11.0 Å². The smallest absolute Gasteiger partial charge is 0.274 e. The SMILES string of the molecule is C=C(C(=O)NO)c1ccc2c(c1)nc(CCCC)n2CCN(CC)CC. The molecule has 6 nitrogen and oxygen atoms in total. The fraction of sp³-hybridized carbons (Fsp3) is 0.500. The predicted octanol–water partition coefficient (Wildman–Crippen LogP) is 3.24. The van der Waals surface area contributed by atoms with Crippen molar-refractivity contribution in [2.45, 2.75) is 46.6 Å². The van der Waals surface area contributed by atoms with Crippen LogP contribution in [0.1, 0.15) is 45.0 Å². The first kappa shape index (κ1) is 20.1. The number of imidazole rings is 1. The molecule has 0 bridgehead atoms. The van der Waals surface area contributed by atoms with Crippen LogP contribution < -0.4 is 5.48 Å². The number of likely N-dealkylation sites (N-methyl/N-ethyl adjacent to an activating group) is 1. The van der Waals surface area contributed by atoms with Crippen molar-refractivity contribution >= 4 is 22.5 Å². The fourth-order valence-corrected chi connectivity index (χ4v) is 3.12. The van der Waals surface area contributed by atoms with Gasteiger partial charge in [-0.2, -0.15) is 0 Å². The van der Waals surface area contributed by atoms with Gasteiger partial charge < -0.3 is 9.47 Å². The minimum Gasteiger partial charge on any atom is -0.327 e. The summed E-state index contributed by atoms with van der Waals surface area (Å²) in [5, 5.41) is 8.81. The molecule has 0 radical (unpaired) electrons. The van der Waals surface area contributed by atoms with E-state index in [9.17, 15) is 4.79 Å². The molecule has 1 amide bonds. The summed E-state index contributed by atoms with van der Waals surface area (Å²) in [7, 11) is 0. The number of carbonyl (C=O) groups excluding carboxylic acids is 1. The molecule has 1 aromatic heterocycles. The Kier molecular flexibility index (Phi) is 7.36. The number of hydroxylamine groups is 1. The lowest BCUT2D eigenvalue weighted by Gasteiger charge is -2.19. The van der Waals surface area contributed by atoms with E-state index in [2.05, 4.69) is 36.8 Å². The average molecular weight is 358 g/mol. The van der Waals surface area contributed by atoms with Crippen molar-refractivity contribution in [3.05, 3.63) is 36.2 Å². The number of nitrogens with zero attached hydrogens (tertiary/aromatic N) is 3. The first-order valence-electron chi connectivity index (χ1n) is 9.40. The molecule has 1 heterocycles. The van der Waals surface area contributed by atoms with Crippen LogP contribution in [-0.4, -0.2) is 45.2 Å². The topological polar surface area (TPSA) is 70.4 Å². The maximum absolute atomic E-state index is 11.6. The monoisotopic (exact) mass is 358 g/mol. The van der Waals surface area contributed by atoms with E-state index >= 15 is 0 Å². The Labute approximate surface area is 155 Å². The van der Waals surface area contributed by atoms with Crippen LogP contribution in [0.15, 0.2) is 24.8 Å². The van der Waals surface area contributed by atoms with Crippen molar-refractivity contribution in [1.29, 1.82) is 0 Å². The number of hydrogen-bond acceptors (Lipinski definition) is 4. The Morgan fingerprint density at radius 3 is 2.65 bits per heavy atom. The number of aryl methyl sites for hydroxylation is 1. The van der Waals surface area contributed by atoms with Crippen molar-refractivity contribution in [3.63, 3.8) is 0 Å². The molecule has 0 saturated heterocycles. The number of benzene rings is 1. The van der Waals surface area contributed by atoms with Crippen LogP contribution in [0.3, 0.4) is 0 Å². The highest BCUT2D eigenvalue weighted by Gasteiger charge is 2.14. The number of nitrogens with one attached hydrogen (secondary N) is 1. The Bertz CT molecular complexity index is 763. The van der Waals surface area contributed by atoms with Gasteiger partial charge in [0.2, 0.25) is 0 Å². The van der Waals surface area contributed by atoms with Gasteiger partial charge in [-0.15, -0.1) is 0 Å². The fourth-order valence-electron chi connectivity index (χ4n) is 3.12. The van der Waals surface area contributed by atoms with Crippen LogP contribution >= 0.6 is 0 Å². The van der Waals surface area contributed by atoms with Crippen molar-refractivity contribution < 1.29 is 10.0 Å². The largest absolute Gasteiger partial charge is 0.327 e. The molecule has 0 spiro atoms. The lowest BCUT2D eigenvalue weighted by Crippen LogP contribution is -2.27. The number of aromatic nitrogens is 2. The molecular formula is C20H30N4O2. The summed E-state index contributed by atoms with van der Waals surface area (Å²) in [6.07, 6.45) is 3.16. The first-order valence-corrected chi connectivity index (χ1v) is 9.40. The van der Waals surface area contributed by atoms with Crippen molar-refractivity contribution in [1.82, 2.24) is 19.9 Å². The van der Waals surface area contributed by atoms with E-state index in [0.717, 1.165) is 62.3 Å². The van der Waals surface area contributed by atoms with E-state index < -0.39 is 5.91 Å². The molecule has 0 fully saturated rings. The zero-order chi connectivity index (χ0) is 19.1. The highest BCUT2D eigenvalue weighted by molar-refractivity contribution is 6.18. The highest BCUT2D eigenvalue weighted by Crippen LogP contribution is 2.23. The van der Waals surface area contributed by atoms with Gasteiger partial charge in [-0.3, -0.25) is 10.0 Å². The van der Waals surface area contributed by atoms with Crippen LogP contribution in [-0.2, 0) is 17.8 Å². The van der Waals surface area contributed by atoms with Crippen LogP contribution in [0.25, 0.3) is 16.6 Å². The van der Waals surface area contributed by atoms with Gasteiger partial charge in [0.15, 0.2) is 0 Å². The molecule has 0 saturated carbocycles. The minimum atomic E-state index is -0.600. The maximum Gasteiger partial charge on any atom is 0.274 e. The second-order valence-corrected chi connectivity index (χ2v) is 6.43. The highest BCUT2D eigenvalue weighted by atomic mass is 16.5. The molecule has 1 aromatic carbocycles. The molecular weight excluding hydrogens is 328 g/mol. The Morgan fingerprint density at radius 1 is 1.31 bits per heavy atom. The molecule has 0 aliphatic heterocycles.